The van der Waals surface area contributed by atoms with Crippen LogP contribution in [-0.4, -0.2) is 27.4 Å². The molecule has 0 spiro atoms. The lowest BCUT2D eigenvalue weighted by Gasteiger charge is -2.03. The average Bonchev–Trinajstić information content (AvgIpc) is 2.89. The standard InChI is InChI=1S/C14H13N3O3/c1-9(18)11-3-5-12(6-4-11)15-14(20)13-7-8-17(16-13)10(2)19/h3-8H,1-2H3,(H,15,20). The molecular formula is C14H13N3O3. The third kappa shape index (κ3) is 2.97. The van der Waals surface area contributed by atoms with Crippen molar-refractivity contribution in [2.75, 3.05) is 5.32 Å². The molecule has 0 fully saturated rings. The Bertz CT molecular complexity index is 671. The fraction of sp³-hybridized carbons (Fsp3) is 0.143. The summed E-state index contributed by atoms with van der Waals surface area (Å²) in [6.07, 6.45) is 1.43. The van der Waals surface area contributed by atoms with E-state index in [9.17, 15) is 14.4 Å². The van der Waals surface area contributed by atoms with Crippen LogP contribution in [0.4, 0.5) is 5.69 Å². The van der Waals surface area contributed by atoms with E-state index < -0.39 is 5.91 Å². The van der Waals surface area contributed by atoms with Crippen LogP contribution in [-0.2, 0) is 0 Å². The molecule has 0 aliphatic carbocycles. The number of amides is 1. The molecule has 102 valence electrons. The zero-order valence-corrected chi connectivity index (χ0v) is 11.1. The molecule has 0 aliphatic rings. The molecule has 6 heteroatoms. The van der Waals surface area contributed by atoms with Crippen LogP contribution >= 0.6 is 0 Å². The predicted molar refractivity (Wildman–Crippen MR) is 72.9 cm³/mol. The first kappa shape index (κ1) is 13.7. The van der Waals surface area contributed by atoms with Crippen molar-refractivity contribution >= 4 is 23.3 Å². The molecule has 0 saturated heterocycles. The topological polar surface area (TPSA) is 81.1 Å². The largest absolute Gasteiger partial charge is 0.321 e. The number of hydrogen-bond acceptors (Lipinski definition) is 4. The van der Waals surface area contributed by atoms with E-state index in [0.717, 1.165) is 4.68 Å². The van der Waals surface area contributed by atoms with Crippen molar-refractivity contribution in [1.82, 2.24) is 9.78 Å². The maximum atomic E-state index is 11.9. The molecule has 0 unspecified atom stereocenters. The van der Waals surface area contributed by atoms with Gasteiger partial charge in [-0.25, -0.2) is 4.68 Å². The second kappa shape index (κ2) is 5.48. The molecule has 1 heterocycles. The lowest BCUT2D eigenvalue weighted by molar-refractivity contribution is 0.0919. The van der Waals surface area contributed by atoms with Crippen LogP contribution in [0.5, 0.6) is 0 Å². The summed E-state index contributed by atoms with van der Waals surface area (Å²) in [5, 5.41) is 6.49. The van der Waals surface area contributed by atoms with Gasteiger partial charge in [0.1, 0.15) is 0 Å². The number of anilines is 1. The second-order valence-corrected chi connectivity index (χ2v) is 4.25. The number of carbonyl (C=O) groups is 3. The summed E-state index contributed by atoms with van der Waals surface area (Å²) in [5.74, 6) is -0.724. The van der Waals surface area contributed by atoms with Crippen LogP contribution in [0.25, 0.3) is 0 Å². The summed E-state index contributed by atoms with van der Waals surface area (Å²) in [5.41, 5.74) is 1.28. The summed E-state index contributed by atoms with van der Waals surface area (Å²) in [6, 6.07) is 7.99. The molecule has 0 aliphatic heterocycles. The van der Waals surface area contributed by atoms with E-state index in [0.29, 0.717) is 11.3 Å². The Balaban J connectivity index is 2.10. The fourth-order valence-electron chi connectivity index (χ4n) is 1.60. The van der Waals surface area contributed by atoms with Crippen molar-refractivity contribution in [2.24, 2.45) is 0 Å². The van der Waals surface area contributed by atoms with Crippen LogP contribution in [0, 0.1) is 0 Å². The van der Waals surface area contributed by atoms with Crippen molar-refractivity contribution < 1.29 is 14.4 Å². The number of hydrogen-bond donors (Lipinski definition) is 1. The number of benzene rings is 1. The molecule has 0 atom stereocenters. The number of aromatic nitrogens is 2. The van der Waals surface area contributed by atoms with Crippen molar-refractivity contribution in [3.63, 3.8) is 0 Å². The fourth-order valence-corrected chi connectivity index (χ4v) is 1.60. The molecule has 0 bridgehead atoms. The molecule has 1 aromatic carbocycles. The smallest absolute Gasteiger partial charge is 0.276 e. The Kier molecular flexibility index (Phi) is 3.74. The van der Waals surface area contributed by atoms with E-state index in [4.69, 9.17) is 0 Å². The summed E-state index contributed by atoms with van der Waals surface area (Å²) < 4.78 is 1.09. The van der Waals surface area contributed by atoms with Gasteiger partial charge in [-0.05, 0) is 37.3 Å². The van der Waals surface area contributed by atoms with E-state index in [1.54, 1.807) is 24.3 Å². The Hall–Kier alpha value is -2.76. The number of rotatable bonds is 3. The molecule has 0 radical (unpaired) electrons. The van der Waals surface area contributed by atoms with Gasteiger partial charge in [0, 0.05) is 24.4 Å². The van der Waals surface area contributed by atoms with E-state index in [1.165, 1.54) is 26.1 Å². The van der Waals surface area contributed by atoms with E-state index >= 15 is 0 Å². The number of nitrogens with one attached hydrogen (secondary N) is 1. The van der Waals surface area contributed by atoms with Gasteiger partial charge in [-0.3, -0.25) is 14.4 Å². The van der Waals surface area contributed by atoms with Gasteiger partial charge in [-0.15, -0.1) is 0 Å². The Morgan fingerprint density at radius 3 is 2.20 bits per heavy atom. The number of Topliss-reactive ketones (excluding diaryl/α,β-unsaturated/α-hetero) is 1. The highest BCUT2D eigenvalue weighted by molar-refractivity contribution is 6.03. The summed E-state index contributed by atoms with van der Waals surface area (Å²) in [4.78, 5) is 34.1. The van der Waals surface area contributed by atoms with Gasteiger partial charge < -0.3 is 5.32 Å². The zero-order valence-electron chi connectivity index (χ0n) is 11.1. The van der Waals surface area contributed by atoms with Crippen LogP contribution in [0.1, 0.15) is 39.5 Å². The SMILES string of the molecule is CC(=O)c1ccc(NC(=O)c2ccn(C(C)=O)n2)cc1. The van der Waals surface area contributed by atoms with Gasteiger partial charge >= 0.3 is 0 Å². The third-order valence-corrected chi connectivity index (χ3v) is 2.69. The highest BCUT2D eigenvalue weighted by Gasteiger charge is 2.11. The van der Waals surface area contributed by atoms with Crippen LogP contribution < -0.4 is 5.32 Å². The van der Waals surface area contributed by atoms with Crippen LogP contribution in [0.3, 0.4) is 0 Å². The van der Waals surface area contributed by atoms with Crippen molar-refractivity contribution in [3.8, 4) is 0 Å². The lowest BCUT2D eigenvalue weighted by atomic mass is 10.1. The van der Waals surface area contributed by atoms with Crippen LogP contribution in [0.15, 0.2) is 36.5 Å². The Labute approximate surface area is 115 Å². The molecule has 1 aromatic heterocycles. The highest BCUT2D eigenvalue weighted by Crippen LogP contribution is 2.11. The van der Waals surface area contributed by atoms with Gasteiger partial charge in [-0.2, -0.15) is 5.10 Å². The van der Waals surface area contributed by atoms with Crippen LogP contribution in [0.2, 0.25) is 0 Å². The molecule has 1 N–H and O–H groups in total. The molecule has 20 heavy (non-hydrogen) atoms. The molecular weight excluding hydrogens is 258 g/mol. The molecule has 2 rings (SSSR count). The van der Waals surface area contributed by atoms with Gasteiger partial charge in [0.2, 0.25) is 5.91 Å². The number of ketones is 1. The summed E-state index contributed by atoms with van der Waals surface area (Å²) >= 11 is 0. The molecule has 6 nitrogen and oxygen atoms in total. The maximum Gasteiger partial charge on any atom is 0.276 e. The Morgan fingerprint density at radius 1 is 1.05 bits per heavy atom. The van der Waals surface area contributed by atoms with Gasteiger partial charge in [0.15, 0.2) is 11.5 Å². The van der Waals surface area contributed by atoms with E-state index in [1.807, 2.05) is 0 Å². The minimum absolute atomic E-state index is 0.0388. The Morgan fingerprint density at radius 2 is 1.70 bits per heavy atom. The monoisotopic (exact) mass is 271 g/mol. The number of carbonyl (C=O) groups excluding carboxylic acids is 3. The summed E-state index contributed by atoms with van der Waals surface area (Å²) in [7, 11) is 0. The second-order valence-electron chi connectivity index (χ2n) is 4.25. The predicted octanol–water partition coefficient (Wildman–Crippen LogP) is 2.00. The molecule has 1 amide bonds. The third-order valence-electron chi connectivity index (χ3n) is 2.69. The molecule has 0 saturated carbocycles. The number of nitrogens with zero attached hydrogens (tertiary/aromatic N) is 2. The van der Waals surface area contributed by atoms with Gasteiger partial charge in [0.25, 0.3) is 5.91 Å². The van der Waals surface area contributed by atoms with E-state index in [-0.39, 0.29) is 17.4 Å². The maximum absolute atomic E-state index is 11.9. The molecule has 2 aromatic rings. The highest BCUT2D eigenvalue weighted by atomic mass is 16.2. The average molecular weight is 271 g/mol. The quantitative estimate of drug-likeness (QED) is 0.866. The minimum atomic E-state index is -0.416. The van der Waals surface area contributed by atoms with Gasteiger partial charge in [0.05, 0.1) is 0 Å². The minimum Gasteiger partial charge on any atom is -0.321 e. The zero-order chi connectivity index (χ0) is 14.7. The van der Waals surface area contributed by atoms with E-state index in [2.05, 4.69) is 10.4 Å². The van der Waals surface area contributed by atoms with Crippen molar-refractivity contribution in [2.45, 2.75) is 13.8 Å². The summed E-state index contributed by atoms with van der Waals surface area (Å²) in [6.45, 7) is 2.83. The first-order valence-corrected chi connectivity index (χ1v) is 5.96. The van der Waals surface area contributed by atoms with Crippen molar-refractivity contribution in [3.05, 3.63) is 47.8 Å². The normalized spacial score (nSPS) is 10.1. The van der Waals surface area contributed by atoms with Crippen molar-refractivity contribution in [1.29, 1.82) is 0 Å². The van der Waals surface area contributed by atoms with Gasteiger partial charge in [-0.1, -0.05) is 0 Å². The first-order valence-electron chi connectivity index (χ1n) is 5.96. The lowest BCUT2D eigenvalue weighted by Crippen LogP contribution is -2.14. The first-order chi connectivity index (χ1) is 9.47.